The normalized spacial score (nSPS) is 10.7. The van der Waals surface area contributed by atoms with E-state index in [2.05, 4.69) is 25.4 Å². The molecule has 0 aliphatic rings. The van der Waals surface area contributed by atoms with Crippen LogP contribution in [-0.4, -0.2) is 30.5 Å². The molecule has 0 fully saturated rings. The second kappa shape index (κ2) is 4.69. The Morgan fingerprint density at radius 3 is 2.90 bits per heavy atom. The summed E-state index contributed by atoms with van der Waals surface area (Å²) in [6, 6.07) is 5.36. The van der Waals surface area contributed by atoms with E-state index in [1.54, 1.807) is 29.0 Å². The molecule has 0 saturated carbocycles. The summed E-state index contributed by atoms with van der Waals surface area (Å²) in [6.45, 7) is 3.76. The number of hydrogen-bond acceptors (Lipinski definition) is 5. The SMILES string of the molecule is Cc1cc(C)n2nc(C(=O)Nc3cccnc3)nc2n1. The van der Waals surface area contributed by atoms with E-state index < -0.39 is 0 Å². The quantitative estimate of drug-likeness (QED) is 0.759. The van der Waals surface area contributed by atoms with Crippen LogP contribution in [0.2, 0.25) is 0 Å². The summed E-state index contributed by atoms with van der Waals surface area (Å²) < 4.78 is 1.55. The molecule has 0 aromatic carbocycles. The Balaban J connectivity index is 1.94. The summed E-state index contributed by atoms with van der Waals surface area (Å²) >= 11 is 0. The number of anilines is 1. The lowest BCUT2D eigenvalue weighted by molar-refractivity contribution is 0.101. The van der Waals surface area contributed by atoms with Gasteiger partial charge in [0.05, 0.1) is 11.9 Å². The number of pyridine rings is 1. The highest BCUT2D eigenvalue weighted by molar-refractivity contribution is 6.01. The van der Waals surface area contributed by atoms with Gasteiger partial charge in [-0.1, -0.05) is 0 Å². The first-order valence-corrected chi connectivity index (χ1v) is 6.06. The highest BCUT2D eigenvalue weighted by Crippen LogP contribution is 2.08. The third kappa shape index (κ3) is 2.20. The number of rotatable bonds is 2. The topological polar surface area (TPSA) is 85.1 Å². The molecular formula is C13H12N6O. The lowest BCUT2D eigenvalue weighted by Crippen LogP contribution is -2.14. The van der Waals surface area contributed by atoms with Crippen LogP contribution in [0.1, 0.15) is 22.0 Å². The molecule has 7 heteroatoms. The van der Waals surface area contributed by atoms with Crippen LogP contribution in [0.5, 0.6) is 0 Å². The number of aromatic nitrogens is 5. The third-order valence-corrected chi connectivity index (χ3v) is 2.74. The summed E-state index contributed by atoms with van der Waals surface area (Å²) in [5, 5.41) is 6.85. The predicted octanol–water partition coefficient (Wildman–Crippen LogP) is 1.39. The van der Waals surface area contributed by atoms with Crippen molar-refractivity contribution in [1.29, 1.82) is 0 Å². The number of carbonyl (C=O) groups excluding carboxylic acids is 1. The zero-order valence-corrected chi connectivity index (χ0v) is 11.0. The Morgan fingerprint density at radius 1 is 1.30 bits per heavy atom. The Bertz CT molecular complexity index is 780. The molecule has 0 bridgehead atoms. The van der Waals surface area contributed by atoms with Gasteiger partial charge in [-0.15, -0.1) is 5.10 Å². The van der Waals surface area contributed by atoms with E-state index in [0.717, 1.165) is 11.4 Å². The molecule has 0 spiro atoms. The minimum absolute atomic E-state index is 0.0788. The summed E-state index contributed by atoms with van der Waals surface area (Å²) in [6.07, 6.45) is 3.19. The maximum absolute atomic E-state index is 12.1. The molecule has 0 atom stereocenters. The van der Waals surface area contributed by atoms with E-state index in [0.29, 0.717) is 11.5 Å². The lowest BCUT2D eigenvalue weighted by Gasteiger charge is -2.00. The average molecular weight is 268 g/mol. The van der Waals surface area contributed by atoms with E-state index in [1.165, 1.54) is 0 Å². The second-order valence-electron chi connectivity index (χ2n) is 4.38. The molecule has 3 heterocycles. The summed E-state index contributed by atoms with van der Waals surface area (Å²) in [7, 11) is 0. The molecule has 7 nitrogen and oxygen atoms in total. The molecule has 3 aromatic heterocycles. The largest absolute Gasteiger partial charge is 0.318 e. The monoisotopic (exact) mass is 268 g/mol. The number of amides is 1. The first-order valence-electron chi connectivity index (χ1n) is 6.06. The Morgan fingerprint density at radius 2 is 2.15 bits per heavy atom. The molecular weight excluding hydrogens is 256 g/mol. The van der Waals surface area contributed by atoms with Crippen LogP contribution in [0.15, 0.2) is 30.6 Å². The van der Waals surface area contributed by atoms with Crippen LogP contribution in [-0.2, 0) is 0 Å². The van der Waals surface area contributed by atoms with Crippen molar-refractivity contribution < 1.29 is 4.79 Å². The standard InChI is InChI=1S/C13H12N6O/c1-8-6-9(2)19-13(15-8)17-11(18-19)12(20)16-10-4-3-5-14-7-10/h3-7H,1-2H3,(H,16,20). The number of aryl methyl sites for hydroxylation is 2. The van der Waals surface area contributed by atoms with Crippen LogP contribution in [0.3, 0.4) is 0 Å². The van der Waals surface area contributed by atoms with Crippen molar-refractivity contribution >= 4 is 17.4 Å². The molecule has 1 amide bonds. The predicted molar refractivity (Wildman–Crippen MR) is 72.4 cm³/mol. The van der Waals surface area contributed by atoms with E-state index >= 15 is 0 Å². The number of nitrogens with one attached hydrogen (secondary N) is 1. The number of carbonyl (C=O) groups is 1. The summed E-state index contributed by atoms with van der Waals surface area (Å²) in [5.41, 5.74) is 2.30. The molecule has 0 aliphatic carbocycles. The first kappa shape index (κ1) is 12.2. The summed E-state index contributed by atoms with van der Waals surface area (Å²) in [5.74, 6) is 0.106. The lowest BCUT2D eigenvalue weighted by atomic mass is 10.4. The van der Waals surface area contributed by atoms with Crippen LogP contribution >= 0.6 is 0 Å². The van der Waals surface area contributed by atoms with Crippen molar-refractivity contribution in [1.82, 2.24) is 24.6 Å². The molecule has 0 saturated heterocycles. The fraction of sp³-hybridized carbons (Fsp3) is 0.154. The summed E-state index contributed by atoms with van der Waals surface area (Å²) in [4.78, 5) is 24.4. The van der Waals surface area contributed by atoms with E-state index in [1.807, 2.05) is 19.9 Å². The van der Waals surface area contributed by atoms with Gasteiger partial charge in [-0.3, -0.25) is 9.78 Å². The van der Waals surface area contributed by atoms with Crippen molar-refractivity contribution in [3.05, 3.63) is 47.8 Å². The average Bonchev–Trinajstić information content (AvgIpc) is 2.84. The van der Waals surface area contributed by atoms with Crippen LogP contribution in [0.4, 0.5) is 5.69 Å². The molecule has 100 valence electrons. The number of nitrogens with zero attached hydrogens (tertiary/aromatic N) is 5. The molecule has 20 heavy (non-hydrogen) atoms. The zero-order chi connectivity index (χ0) is 14.1. The van der Waals surface area contributed by atoms with Gasteiger partial charge in [-0.05, 0) is 32.0 Å². The fourth-order valence-electron chi connectivity index (χ4n) is 1.89. The smallest absolute Gasteiger partial charge is 0.295 e. The molecule has 0 radical (unpaired) electrons. The molecule has 0 aliphatic heterocycles. The van der Waals surface area contributed by atoms with Gasteiger partial charge in [0, 0.05) is 17.6 Å². The van der Waals surface area contributed by atoms with Gasteiger partial charge in [-0.25, -0.2) is 9.50 Å². The fourth-order valence-corrected chi connectivity index (χ4v) is 1.89. The minimum atomic E-state index is -0.388. The van der Waals surface area contributed by atoms with E-state index in [4.69, 9.17) is 0 Å². The molecule has 3 aromatic rings. The minimum Gasteiger partial charge on any atom is -0.318 e. The van der Waals surface area contributed by atoms with Crippen LogP contribution in [0, 0.1) is 13.8 Å². The Hall–Kier alpha value is -2.83. The van der Waals surface area contributed by atoms with Gasteiger partial charge in [0.25, 0.3) is 11.7 Å². The molecule has 3 rings (SSSR count). The van der Waals surface area contributed by atoms with Crippen molar-refractivity contribution in [2.75, 3.05) is 5.32 Å². The first-order chi connectivity index (χ1) is 9.63. The van der Waals surface area contributed by atoms with E-state index in [-0.39, 0.29) is 11.7 Å². The number of fused-ring (bicyclic) bond motifs is 1. The van der Waals surface area contributed by atoms with Gasteiger partial charge in [0.2, 0.25) is 5.82 Å². The third-order valence-electron chi connectivity index (χ3n) is 2.74. The Kier molecular flexibility index (Phi) is 2.86. The number of hydrogen-bond donors (Lipinski definition) is 1. The van der Waals surface area contributed by atoms with Gasteiger partial charge in [0.1, 0.15) is 0 Å². The van der Waals surface area contributed by atoms with Gasteiger partial charge < -0.3 is 5.32 Å². The second-order valence-corrected chi connectivity index (χ2v) is 4.38. The van der Waals surface area contributed by atoms with Crippen molar-refractivity contribution in [3.63, 3.8) is 0 Å². The maximum Gasteiger partial charge on any atom is 0.295 e. The van der Waals surface area contributed by atoms with Crippen LogP contribution in [0.25, 0.3) is 5.78 Å². The van der Waals surface area contributed by atoms with Gasteiger partial charge >= 0.3 is 0 Å². The maximum atomic E-state index is 12.1. The van der Waals surface area contributed by atoms with Gasteiger partial charge in [0.15, 0.2) is 0 Å². The highest BCUT2D eigenvalue weighted by atomic mass is 16.2. The molecule has 0 unspecified atom stereocenters. The Labute approximate surface area is 114 Å². The van der Waals surface area contributed by atoms with Gasteiger partial charge in [-0.2, -0.15) is 4.98 Å². The van der Waals surface area contributed by atoms with Crippen molar-refractivity contribution in [2.45, 2.75) is 13.8 Å². The molecule has 1 N–H and O–H groups in total. The zero-order valence-electron chi connectivity index (χ0n) is 11.0. The highest BCUT2D eigenvalue weighted by Gasteiger charge is 2.15. The van der Waals surface area contributed by atoms with Crippen LogP contribution < -0.4 is 5.32 Å². The van der Waals surface area contributed by atoms with E-state index in [9.17, 15) is 4.79 Å². The van der Waals surface area contributed by atoms with Crippen molar-refractivity contribution in [3.8, 4) is 0 Å². The van der Waals surface area contributed by atoms with Crippen molar-refractivity contribution in [2.24, 2.45) is 0 Å².